The number of carbonyl (C=O) groups excluding carboxylic acids is 2. The maximum Gasteiger partial charge on any atom is 0.258 e. The van der Waals surface area contributed by atoms with Crippen molar-refractivity contribution in [3.63, 3.8) is 0 Å². The number of rotatable bonds is 6. The Balaban J connectivity index is 1.18. The molecule has 2 amide bonds. The zero-order valence-electron chi connectivity index (χ0n) is 17.3. The van der Waals surface area contributed by atoms with Gasteiger partial charge in [-0.05, 0) is 48.7 Å². The number of hydrogen-bond acceptors (Lipinski definition) is 6. The van der Waals surface area contributed by atoms with Crippen molar-refractivity contribution in [2.75, 3.05) is 13.4 Å². The lowest BCUT2D eigenvalue weighted by atomic mass is 9.63. The van der Waals surface area contributed by atoms with Gasteiger partial charge in [0.05, 0.1) is 16.7 Å². The SMILES string of the molecule is O=C(COc1ccc(Cl)c(F)c1)NC12CC(=C(NC(=O)c3ccc4c(c3)OCO4)C(O)C1)C2. The second-order valence-corrected chi connectivity index (χ2v) is 8.71. The first-order chi connectivity index (χ1) is 15.8. The van der Waals surface area contributed by atoms with Gasteiger partial charge in [0.15, 0.2) is 18.1 Å². The molecule has 0 spiro atoms. The predicted octanol–water partition coefficient (Wildman–Crippen LogP) is 2.68. The van der Waals surface area contributed by atoms with Crippen LogP contribution in [0.5, 0.6) is 17.2 Å². The van der Waals surface area contributed by atoms with Crippen molar-refractivity contribution >= 4 is 23.4 Å². The van der Waals surface area contributed by atoms with E-state index in [1.807, 2.05) is 0 Å². The summed E-state index contributed by atoms with van der Waals surface area (Å²) < 4.78 is 29.4. The molecule has 0 radical (unpaired) electrons. The summed E-state index contributed by atoms with van der Waals surface area (Å²) in [5.74, 6) is -0.107. The molecule has 3 N–H and O–H groups in total. The lowest BCUT2D eigenvalue weighted by molar-refractivity contribution is -0.126. The minimum Gasteiger partial charge on any atom is -0.484 e. The lowest BCUT2D eigenvalue weighted by Gasteiger charge is -2.51. The van der Waals surface area contributed by atoms with Gasteiger partial charge in [0.2, 0.25) is 6.79 Å². The Morgan fingerprint density at radius 3 is 2.73 bits per heavy atom. The van der Waals surface area contributed by atoms with E-state index in [0.717, 1.165) is 11.6 Å². The Morgan fingerprint density at radius 1 is 1.18 bits per heavy atom. The third-order valence-corrected chi connectivity index (χ3v) is 6.26. The van der Waals surface area contributed by atoms with Gasteiger partial charge in [-0.3, -0.25) is 9.59 Å². The molecule has 33 heavy (non-hydrogen) atoms. The Kier molecular flexibility index (Phi) is 5.38. The molecular weight excluding hydrogens is 455 g/mol. The molecule has 1 heterocycles. The quantitative estimate of drug-likeness (QED) is 0.594. The normalized spacial score (nSPS) is 22.5. The molecule has 1 aliphatic heterocycles. The number of fused-ring (bicyclic) bond motifs is 3. The fraction of sp³-hybridized carbons (Fsp3) is 0.304. The van der Waals surface area contributed by atoms with Crippen LogP contribution in [0.2, 0.25) is 5.02 Å². The highest BCUT2D eigenvalue weighted by Crippen LogP contribution is 2.48. The van der Waals surface area contributed by atoms with Crippen LogP contribution < -0.4 is 24.8 Å². The van der Waals surface area contributed by atoms with Crippen LogP contribution in [-0.4, -0.2) is 42.0 Å². The number of nitrogens with one attached hydrogen (secondary N) is 2. The molecule has 3 aliphatic carbocycles. The molecule has 8 nitrogen and oxygen atoms in total. The first kappa shape index (κ1) is 21.5. The van der Waals surface area contributed by atoms with Crippen molar-refractivity contribution in [2.45, 2.75) is 30.9 Å². The summed E-state index contributed by atoms with van der Waals surface area (Å²) in [5, 5.41) is 16.3. The number of ether oxygens (including phenoxy) is 3. The molecule has 1 saturated carbocycles. The fourth-order valence-corrected chi connectivity index (χ4v) is 4.52. The number of amides is 2. The summed E-state index contributed by atoms with van der Waals surface area (Å²) >= 11 is 5.64. The van der Waals surface area contributed by atoms with E-state index < -0.39 is 17.5 Å². The number of carbonyl (C=O) groups is 2. The smallest absolute Gasteiger partial charge is 0.258 e. The summed E-state index contributed by atoms with van der Waals surface area (Å²) in [5.41, 5.74) is 1.15. The highest BCUT2D eigenvalue weighted by atomic mass is 35.5. The van der Waals surface area contributed by atoms with Crippen LogP contribution in [0, 0.1) is 5.82 Å². The first-order valence-corrected chi connectivity index (χ1v) is 10.7. The van der Waals surface area contributed by atoms with Gasteiger partial charge in [-0.15, -0.1) is 0 Å². The Bertz CT molecular complexity index is 1180. The lowest BCUT2D eigenvalue weighted by Crippen LogP contribution is -2.61. The van der Waals surface area contributed by atoms with E-state index in [0.29, 0.717) is 35.6 Å². The molecule has 6 rings (SSSR count). The summed E-state index contributed by atoms with van der Waals surface area (Å²) in [4.78, 5) is 25.0. The molecule has 10 heteroatoms. The second-order valence-electron chi connectivity index (χ2n) is 8.31. The number of benzene rings is 2. The summed E-state index contributed by atoms with van der Waals surface area (Å²) in [6, 6.07) is 8.81. The van der Waals surface area contributed by atoms with Crippen LogP contribution in [-0.2, 0) is 4.79 Å². The second kappa shape index (κ2) is 8.24. The van der Waals surface area contributed by atoms with Crippen molar-refractivity contribution in [2.24, 2.45) is 0 Å². The standard InChI is InChI=1S/C23H20ClFN2O6/c24-15-3-2-14(6-16(15)25)31-10-20(29)27-23-7-13(8-23)21(17(28)9-23)26-22(30)12-1-4-18-19(5-12)33-11-32-18/h1-6,17,28H,7-11H2,(H,26,30)(H,27,29). The van der Waals surface area contributed by atoms with Crippen molar-refractivity contribution < 1.29 is 33.3 Å². The minimum atomic E-state index is -0.924. The van der Waals surface area contributed by atoms with E-state index in [9.17, 15) is 19.1 Å². The zero-order valence-corrected chi connectivity index (χ0v) is 18.1. The third-order valence-electron chi connectivity index (χ3n) is 5.95. The Labute approximate surface area is 193 Å². The van der Waals surface area contributed by atoms with Gasteiger partial charge in [-0.25, -0.2) is 4.39 Å². The summed E-state index contributed by atoms with van der Waals surface area (Å²) in [7, 11) is 0. The molecule has 172 valence electrons. The van der Waals surface area contributed by atoms with Gasteiger partial charge < -0.3 is 30.0 Å². The monoisotopic (exact) mass is 474 g/mol. The Hall–Kier alpha value is -3.30. The molecule has 1 fully saturated rings. The van der Waals surface area contributed by atoms with Gasteiger partial charge in [-0.2, -0.15) is 0 Å². The van der Waals surface area contributed by atoms with E-state index in [1.54, 1.807) is 18.2 Å². The van der Waals surface area contributed by atoms with E-state index in [1.165, 1.54) is 12.1 Å². The van der Waals surface area contributed by atoms with Gasteiger partial charge in [0, 0.05) is 23.7 Å². The van der Waals surface area contributed by atoms with Gasteiger partial charge in [-0.1, -0.05) is 11.6 Å². The molecule has 0 saturated heterocycles. The first-order valence-electron chi connectivity index (χ1n) is 10.3. The van der Waals surface area contributed by atoms with E-state index >= 15 is 0 Å². The molecule has 2 aromatic rings. The van der Waals surface area contributed by atoms with Crippen molar-refractivity contribution in [3.05, 3.63) is 64.1 Å². The van der Waals surface area contributed by atoms with Crippen molar-refractivity contribution in [1.29, 1.82) is 0 Å². The highest BCUT2D eigenvalue weighted by Gasteiger charge is 2.50. The van der Waals surface area contributed by atoms with E-state index in [-0.39, 0.29) is 42.4 Å². The van der Waals surface area contributed by atoms with Crippen LogP contribution in [0.25, 0.3) is 0 Å². The maximum absolute atomic E-state index is 13.5. The molecule has 1 atom stereocenters. The van der Waals surface area contributed by atoms with Gasteiger partial charge >= 0.3 is 0 Å². The highest BCUT2D eigenvalue weighted by molar-refractivity contribution is 6.30. The third kappa shape index (κ3) is 4.21. The molecule has 2 bridgehead atoms. The summed E-state index contributed by atoms with van der Waals surface area (Å²) in [6.07, 6.45) is 0.366. The molecular formula is C23H20ClFN2O6. The van der Waals surface area contributed by atoms with E-state index in [4.69, 9.17) is 25.8 Å². The number of hydrogen-bond donors (Lipinski definition) is 3. The molecule has 1 unspecified atom stereocenters. The Morgan fingerprint density at radius 2 is 1.97 bits per heavy atom. The van der Waals surface area contributed by atoms with Gasteiger partial charge in [0.25, 0.3) is 11.8 Å². The van der Waals surface area contributed by atoms with Crippen LogP contribution in [0.3, 0.4) is 0 Å². The maximum atomic E-state index is 13.5. The average molecular weight is 475 g/mol. The average Bonchev–Trinajstić information content (AvgIpc) is 3.23. The van der Waals surface area contributed by atoms with Crippen LogP contribution in [0.1, 0.15) is 29.6 Å². The fourth-order valence-electron chi connectivity index (χ4n) is 4.40. The molecule has 2 aromatic carbocycles. The number of halogens is 2. The predicted molar refractivity (Wildman–Crippen MR) is 115 cm³/mol. The largest absolute Gasteiger partial charge is 0.484 e. The summed E-state index contributed by atoms with van der Waals surface area (Å²) in [6.45, 7) is -0.185. The minimum absolute atomic E-state index is 0.0305. The van der Waals surface area contributed by atoms with Crippen LogP contribution >= 0.6 is 11.6 Å². The van der Waals surface area contributed by atoms with Crippen molar-refractivity contribution in [3.8, 4) is 17.2 Å². The topological polar surface area (TPSA) is 106 Å². The number of aliphatic hydroxyl groups is 1. The molecule has 4 aliphatic rings. The number of aliphatic hydroxyl groups excluding tert-OH is 1. The molecule has 0 aromatic heterocycles. The van der Waals surface area contributed by atoms with Crippen LogP contribution in [0.15, 0.2) is 47.7 Å². The van der Waals surface area contributed by atoms with Crippen molar-refractivity contribution in [1.82, 2.24) is 10.6 Å². The van der Waals surface area contributed by atoms with Crippen LogP contribution in [0.4, 0.5) is 4.39 Å². The zero-order chi connectivity index (χ0) is 23.2. The van der Waals surface area contributed by atoms with Gasteiger partial charge in [0.1, 0.15) is 11.6 Å². The van der Waals surface area contributed by atoms with E-state index in [2.05, 4.69) is 10.6 Å².